The maximum atomic E-state index is 4.86. The molecule has 1 fully saturated rings. The van der Waals surface area contributed by atoms with E-state index in [0.29, 0.717) is 5.92 Å². The standard InChI is InChI=1S/C13H22N2S/c1-3-10(8-14-2)13-15-12(9-16-13)11-6-4-5-7-11/h9-11,14H,3-8H2,1-2H3. The normalized spacial score (nSPS) is 19.1. The summed E-state index contributed by atoms with van der Waals surface area (Å²) in [5, 5.41) is 6.89. The van der Waals surface area contributed by atoms with Crippen molar-refractivity contribution in [3.05, 3.63) is 16.1 Å². The van der Waals surface area contributed by atoms with Gasteiger partial charge in [-0.25, -0.2) is 4.98 Å². The molecule has 0 radical (unpaired) electrons. The lowest BCUT2D eigenvalue weighted by Crippen LogP contribution is -2.16. The summed E-state index contributed by atoms with van der Waals surface area (Å²) in [6.45, 7) is 3.30. The first kappa shape index (κ1) is 12.1. The molecule has 1 N–H and O–H groups in total. The molecule has 3 heteroatoms. The van der Waals surface area contributed by atoms with E-state index in [1.807, 2.05) is 18.4 Å². The minimum atomic E-state index is 0.602. The smallest absolute Gasteiger partial charge is 0.0971 e. The number of aromatic nitrogens is 1. The first-order valence-electron chi connectivity index (χ1n) is 6.45. The minimum Gasteiger partial charge on any atom is -0.319 e. The number of hydrogen-bond donors (Lipinski definition) is 1. The van der Waals surface area contributed by atoms with Crippen molar-refractivity contribution in [2.24, 2.45) is 0 Å². The second-order valence-electron chi connectivity index (χ2n) is 4.75. The summed E-state index contributed by atoms with van der Waals surface area (Å²) in [7, 11) is 2.02. The fraction of sp³-hybridized carbons (Fsp3) is 0.769. The zero-order valence-corrected chi connectivity index (χ0v) is 11.1. The van der Waals surface area contributed by atoms with Crippen LogP contribution in [0.2, 0.25) is 0 Å². The van der Waals surface area contributed by atoms with Gasteiger partial charge in [0.25, 0.3) is 0 Å². The van der Waals surface area contributed by atoms with Gasteiger partial charge in [-0.3, -0.25) is 0 Å². The van der Waals surface area contributed by atoms with Gasteiger partial charge in [-0.2, -0.15) is 0 Å². The van der Waals surface area contributed by atoms with Crippen molar-refractivity contribution >= 4 is 11.3 Å². The Balaban J connectivity index is 2.05. The van der Waals surface area contributed by atoms with Crippen LogP contribution in [0, 0.1) is 0 Å². The molecule has 0 amide bonds. The summed E-state index contributed by atoms with van der Waals surface area (Å²) in [4.78, 5) is 4.86. The van der Waals surface area contributed by atoms with Gasteiger partial charge in [0.05, 0.1) is 10.7 Å². The molecule has 0 bridgehead atoms. The highest BCUT2D eigenvalue weighted by Gasteiger charge is 2.21. The summed E-state index contributed by atoms with van der Waals surface area (Å²) in [5.41, 5.74) is 1.37. The summed E-state index contributed by atoms with van der Waals surface area (Å²) in [6.07, 6.45) is 6.67. The average molecular weight is 238 g/mol. The van der Waals surface area contributed by atoms with Gasteiger partial charge in [-0.15, -0.1) is 11.3 Å². The SMILES string of the molecule is CCC(CNC)c1nc(C2CCCC2)cs1. The van der Waals surface area contributed by atoms with Crippen LogP contribution in [0.5, 0.6) is 0 Å². The van der Waals surface area contributed by atoms with Gasteiger partial charge in [0.15, 0.2) is 0 Å². The average Bonchev–Trinajstić information content (AvgIpc) is 2.95. The van der Waals surface area contributed by atoms with E-state index in [0.717, 1.165) is 12.5 Å². The third-order valence-electron chi connectivity index (χ3n) is 3.61. The molecule has 0 saturated heterocycles. The predicted octanol–water partition coefficient (Wildman–Crippen LogP) is 3.51. The van der Waals surface area contributed by atoms with Crippen LogP contribution in [0.15, 0.2) is 5.38 Å². The quantitative estimate of drug-likeness (QED) is 0.849. The summed E-state index contributed by atoms with van der Waals surface area (Å²) in [5.74, 6) is 1.36. The van der Waals surface area contributed by atoms with Crippen LogP contribution in [-0.4, -0.2) is 18.6 Å². The number of likely N-dealkylation sites (N-methyl/N-ethyl adjacent to an activating group) is 1. The van der Waals surface area contributed by atoms with Crippen LogP contribution < -0.4 is 5.32 Å². The number of nitrogens with one attached hydrogen (secondary N) is 1. The molecular weight excluding hydrogens is 216 g/mol. The van der Waals surface area contributed by atoms with Gasteiger partial charge >= 0.3 is 0 Å². The molecule has 1 aromatic heterocycles. The van der Waals surface area contributed by atoms with E-state index in [1.165, 1.54) is 42.8 Å². The summed E-state index contributed by atoms with van der Waals surface area (Å²) >= 11 is 1.86. The van der Waals surface area contributed by atoms with Crippen LogP contribution in [0.25, 0.3) is 0 Å². The Kier molecular flexibility index (Phi) is 4.36. The highest BCUT2D eigenvalue weighted by molar-refractivity contribution is 7.09. The molecule has 1 unspecified atom stereocenters. The van der Waals surface area contributed by atoms with Crippen LogP contribution >= 0.6 is 11.3 Å². The molecule has 2 nitrogen and oxygen atoms in total. The Morgan fingerprint density at radius 2 is 2.25 bits per heavy atom. The molecule has 1 heterocycles. The lowest BCUT2D eigenvalue weighted by molar-refractivity contribution is 0.602. The maximum Gasteiger partial charge on any atom is 0.0971 e. The van der Waals surface area contributed by atoms with Crippen LogP contribution in [0.3, 0.4) is 0 Å². The van der Waals surface area contributed by atoms with Gasteiger partial charge in [0.1, 0.15) is 0 Å². The third kappa shape index (κ3) is 2.64. The Hall–Kier alpha value is -0.410. The molecule has 2 rings (SSSR count). The molecule has 1 saturated carbocycles. The monoisotopic (exact) mass is 238 g/mol. The van der Waals surface area contributed by atoms with E-state index in [9.17, 15) is 0 Å². The maximum absolute atomic E-state index is 4.86. The van der Waals surface area contributed by atoms with E-state index in [2.05, 4.69) is 17.6 Å². The number of nitrogens with zero attached hydrogens (tertiary/aromatic N) is 1. The van der Waals surface area contributed by atoms with Gasteiger partial charge in [-0.05, 0) is 26.3 Å². The number of rotatable bonds is 5. The van der Waals surface area contributed by atoms with Crippen molar-refractivity contribution in [1.29, 1.82) is 0 Å². The number of thiazole rings is 1. The first-order chi connectivity index (χ1) is 7.85. The highest BCUT2D eigenvalue weighted by Crippen LogP contribution is 2.35. The molecule has 1 aliphatic carbocycles. The molecule has 90 valence electrons. The Morgan fingerprint density at radius 3 is 2.88 bits per heavy atom. The zero-order valence-electron chi connectivity index (χ0n) is 10.3. The van der Waals surface area contributed by atoms with E-state index < -0.39 is 0 Å². The van der Waals surface area contributed by atoms with Crippen LogP contribution in [-0.2, 0) is 0 Å². The van der Waals surface area contributed by atoms with Crippen molar-refractivity contribution in [3.8, 4) is 0 Å². The van der Waals surface area contributed by atoms with Crippen molar-refractivity contribution in [2.45, 2.75) is 50.9 Å². The van der Waals surface area contributed by atoms with Crippen LogP contribution in [0.1, 0.15) is 61.6 Å². The van der Waals surface area contributed by atoms with Gasteiger partial charge in [0.2, 0.25) is 0 Å². The lowest BCUT2D eigenvalue weighted by atomic mass is 10.0. The summed E-state index contributed by atoms with van der Waals surface area (Å²) < 4.78 is 0. The second kappa shape index (κ2) is 5.78. The van der Waals surface area contributed by atoms with E-state index in [1.54, 1.807) is 0 Å². The zero-order chi connectivity index (χ0) is 11.4. The number of hydrogen-bond acceptors (Lipinski definition) is 3. The van der Waals surface area contributed by atoms with Crippen molar-refractivity contribution in [1.82, 2.24) is 10.3 Å². The second-order valence-corrected chi connectivity index (χ2v) is 5.64. The topological polar surface area (TPSA) is 24.9 Å². The van der Waals surface area contributed by atoms with Gasteiger partial charge < -0.3 is 5.32 Å². The van der Waals surface area contributed by atoms with E-state index >= 15 is 0 Å². The lowest BCUT2D eigenvalue weighted by Gasteiger charge is -2.10. The minimum absolute atomic E-state index is 0.602. The molecule has 0 spiro atoms. The molecule has 1 aromatic rings. The third-order valence-corrected chi connectivity index (χ3v) is 4.63. The Labute approximate surface area is 102 Å². The van der Waals surface area contributed by atoms with Crippen molar-refractivity contribution < 1.29 is 0 Å². The van der Waals surface area contributed by atoms with E-state index in [-0.39, 0.29) is 0 Å². The molecule has 0 aliphatic heterocycles. The fourth-order valence-electron chi connectivity index (χ4n) is 2.55. The molecule has 0 aromatic carbocycles. The van der Waals surface area contributed by atoms with Gasteiger partial charge in [-0.1, -0.05) is 19.8 Å². The highest BCUT2D eigenvalue weighted by atomic mass is 32.1. The molecule has 16 heavy (non-hydrogen) atoms. The molecule has 1 atom stereocenters. The fourth-order valence-corrected chi connectivity index (χ4v) is 3.64. The van der Waals surface area contributed by atoms with Crippen molar-refractivity contribution in [3.63, 3.8) is 0 Å². The van der Waals surface area contributed by atoms with Crippen molar-refractivity contribution in [2.75, 3.05) is 13.6 Å². The summed E-state index contributed by atoms with van der Waals surface area (Å²) in [6, 6.07) is 0. The molecular formula is C13H22N2S. The molecule has 1 aliphatic rings. The van der Waals surface area contributed by atoms with Crippen LogP contribution in [0.4, 0.5) is 0 Å². The Morgan fingerprint density at radius 1 is 1.50 bits per heavy atom. The van der Waals surface area contributed by atoms with Gasteiger partial charge in [0, 0.05) is 23.8 Å². The first-order valence-corrected chi connectivity index (χ1v) is 7.33. The Bertz CT molecular complexity index is 315. The largest absolute Gasteiger partial charge is 0.319 e. The predicted molar refractivity (Wildman–Crippen MR) is 70.3 cm³/mol. The van der Waals surface area contributed by atoms with E-state index in [4.69, 9.17) is 4.98 Å².